The van der Waals surface area contributed by atoms with Gasteiger partial charge in [-0.1, -0.05) is 0 Å². The molecule has 0 saturated heterocycles. The lowest BCUT2D eigenvalue weighted by atomic mass is 10.1. The van der Waals surface area contributed by atoms with Crippen molar-refractivity contribution in [2.45, 2.75) is 31.1 Å². The maximum atomic E-state index is 12.9. The second-order valence-electron chi connectivity index (χ2n) is 8.91. The van der Waals surface area contributed by atoms with E-state index in [2.05, 4.69) is 10.6 Å². The van der Waals surface area contributed by atoms with Gasteiger partial charge in [-0.3, -0.25) is 14.4 Å². The van der Waals surface area contributed by atoms with Crippen molar-refractivity contribution >= 4 is 35.1 Å². The van der Waals surface area contributed by atoms with Crippen LogP contribution in [0, 0.1) is 0 Å². The Kier molecular flexibility index (Phi) is 9.78. The number of nitrogens with one attached hydrogen (secondary N) is 2. The number of rotatable bonds is 10. The van der Waals surface area contributed by atoms with Crippen LogP contribution in [0.25, 0.3) is 0 Å². The molecule has 6 N–H and O–H groups in total. The summed E-state index contributed by atoms with van der Waals surface area (Å²) in [5, 5.41) is 23.1. The Morgan fingerprint density at radius 1 is 0.698 bits per heavy atom. The Labute approximate surface area is 238 Å². The van der Waals surface area contributed by atoms with Crippen LogP contribution in [0.2, 0.25) is 0 Å². The number of amides is 2. The third-order valence-electron chi connectivity index (χ3n) is 5.74. The molecule has 228 valence electrons. The molecule has 0 spiro atoms. The molecule has 3 aromatic carbocycles. The van der Waals surface area contributed by atoms with E-state index in [1.165, 1.54) is 18.2 Å². The number of alkyl halides is 6. The highest BCUT2D eigenvalue weighted by Crippen LogP contribution is 2.30. The summed E-state index contributed by atoms with van der Waals surface area (Å²) in [4.78, 5) is 48.0. The Balaban J connectivity index is 1.89. The molecule has 0 aliphatic carbocycles. The van der Waals surface area contributed by atoms with Crippen LogP contribution in [0.15, 0.2) is 66.7 Å². The lowest BCUT2D eigenvalue weighted by Crippen LogP contribution is -2.47. The molecule has 0 aliphatic heterocycles. The summed E-state index contributed by atoms with van der Waals surface area (Å²) in [5.74, 6) is -5.11. The first kappa shape index (κ1) is 32.6. The standard InChI is InChI=1S/C27H21F6N3O7/c28-26(29,30)16-5-1-14(2-6-16)22(37)35-18-9-13(12-43-21(25(41)42)20(34)24(39)40)10-19(11-18)36-23(38)15-3-7-17(8-4-15)27(31,32)33/h1-11,20-21H,12,34H2,(H,35,37)(H,36,38)(H,39,40)(H,41,42)/t20-,21-/m0/s1. The van der Waals surface area contributed by atoms with Gasteiger partial charge >= 0.3 is 24.3 Å². The molecule has 43 heavy (non-hydrogen) atoms. The summed E-state index contributed by atoms with van der Waals surface area (Å²) in [6.45, 7) is -0.606. The molecule has 0 unspecified atom stereocenters. The number of anilines is 2. The molecule has 3 aromatic rings. The summed E-state index contributed by atoms with van der Waals surface area (Å²) in [6.07, 6.45) is -11.3. The number of ether oxygens (including phenoxy) is 1. The Morgan fingerprint density at radius 3 is 1.42 bits per heavy atom. The van der Waals surface area contributed by atoms with Crippen LogP contribution < -0.4 is 16.4 Å². The number of carboxylic acid groups (broad SMARTS) is 2. The van der Waals surface area contributed by atoms with Crippen LogP contribution in [0.4, 0.5) is 37.7 Å². The van der Waals surface area contributed by atoms with Gasteiger partial charge in [0.15, 0.2) is 6.10 Å². The molecule has 0 fully saturated rings. The van der Waals surface area contributed by atoms with Crippen LogP contribution in [-0.4, -0.2) is 46.1 Å². The number of nitrogens with two attached hydrogens (primary N) is 1. The normalized spacial score (nSPS) is 13.1. The van der Waals surface area contributed by atoms with Gasteiger partial charge in [-0.05, 0) is 72.3 Å². The zero-order valence-electron chi connectivity index (χ0n) is 21.5. The van der Waals surface area contributed by atoms with E-state index in [-0.39, 0.29) is 28.1 Å². The number of carbonyl (C=O) groups excluding carboxylic acids is 2. The molecule has 10 nitrogen and oxygen atoms in total. The summed E-state index contributed by atoms with van der Waals surface area (Å²) >= 11 is 0. The van der Waals surface area contributed by atoms with Crippen molar-refractivity contribution in [2.75, 3.05) is 10.6 Å². The number of hydrogen-bond acceptors (Lipinski definition) is 6. The first-order chi connectivity index (χ1) is 20.0. The average Bonchev–Trinajstić information content (AvgIpc) is 2.92. The molecule has 0 radical (unpaired) electrons. The molecule has 0 saturated carbocycles. The van der Waals surface area contributed by atoms with Gasteiger partial charge < -0.3 is 31.3 Å². The Hall–Kier alpha value is -4.96. The highest BCUT2D eigenvalue weighted by Gasteiger charge is 2.32. The van der Waals surface area contributed by atoms with Gasteiger partial charge in [0.05, 0.1) is 17.7 Å². The monoisotopic (exact) mass is 613 g/mol. The van der Waals surface area contributed by atoms with Crippen molar-refractivity contribution in [2.24, 2.45) is 5.73 Å². The number of carboxylic acids is 2. The van der Waals surface area contributed by atoms with Crippen LogP contribution >= 0.6 is 0 Å². The quantitative estimate of drug-likeness (QED) is 0.207. The summed E-state index contributed by atoms with van der Waals surface area (Å²) in [6, 6.07) is 8.14. The van der Waals surface area contributed by atoms with E-state index in [1.54, 1.807) is 0 Å². The molecule has 2 amide bonds. The lowest BCUT2D eigenvalue weighted by molar-refractivity contribution is -0.159. The summed E-state index contributed by atoms with van der Waals surface area (Å²) < 4.78 is 82.3. The minimum Gasteiger partial charge on any atom is -0.480 e. The zero-order valence-corrected chi connectivity index (χ0v) is 21.5. The SMILES string of the molecule is N[C@H](C(=O)O)[C@H](OCc1cc(NC(=O)c2ccc(C(F)(F)F)cc2)cc(NC(=O)c2ccc(C(F)(F)F)cc2)c1)C(=O)O. The van der Waals surface area contributed by atoms with Crippen LogP contribution in [-0.2, 0) is 33.3 Å². The Morgan fingerprint density at radius 2 is 1.09 bits per heavy atom. The summed E-state index contributed by atoms with van der Waals surface area (Å²) in [7, 11) is 0. The summed E-state index contributed by atoms with van der Waals surface area (Å²) in [5.41, 5.74) is 2.95. The van der Waals surface area contributed by atoms with Crippen molar-refractivity contribution in [1.29, 1.82) is 0 Å². The second kappa shape index (κ2) is 12.9. The minimum atomic E-state index is -4.64. The molecule has 0 aliphatic rings. The van der Waals surface area contributed by atoms with Crippen LogP contribution in [0.1, 0.15) is 37.4 Å². The molecule has 0 heterocycles. The highest BCUT2D eigenvalue weighted by molar-refractivity contribution is 6.06. The van der Waals surface area contributed by atoms with E-state index < -0.39 is 66.0 Å². The van der Waals surface area contributed by atoms with Gasteiger partial charge in [-0.15, -0.1) is 0 Å². The first-order valence-electron chi connectivity index (χ1n) is 11.9. The van der Waals surface area contributed by atoms with Gasteiger partial charge in [0.25, 0.3) is 11.8 Å². The number of aliphatic carboxylic acids is 2. The maximum Gasteiger partial charge on any atom is 0.416 e. The lowest BCUT2D eigenvalue weighted by Gasteiger charge is -2.18. The predicted octanol–water partition coefficient (Wildman–Crippen LogP) is 4.61. The average molecular weight is 613 g/mol. The van der Waals surface area contributed by atoms with Gasteiger partial charge in [-0.25, -0.2) is 4.79 Å². The third-order valence-corrected chi connectivity index (χ3v) is 5.74. The van der Waals surface area contributed by atoms with E-state index in [9.17, 15) is 50.6 Å². The van der Waals surface area contributed by atoms with Crippen molar-refractivity contribution in [3.63, 3.8) is 0 Å². The van der Waals surface area contributed by atoms with Crippen molar-refractivity contribution < 1.29 is 60.5 Å². The van der Waals surface area contributed by atoms with Gasteiger partial charge in [0.2, 0.25) is 0 Å². The largest absolute Gasteiger partial charge is 0.480 e. The molecule has 0 aromatic heterocycles. The third kappa shape index (κ3) is 8.76. The topological polar surface area (TPSA) is 168 Å². The maximum absolute atomic E-state index is 12.9. The fraction of sp³-hybridized carbons (Fsp3) is 0.185. The van der Waals surface area contributed by atoms with E-state index in [0.717, 1.165) is 24.3 Å². The first-order valence-corrected chi connectivity index (χ1v) is 11.9. The minimum absolute atomic E-state index is 0.0665. The number of carbonyl (C=O) groups is 4. The van der Waals surface area contributed by atoms with E-state index in [4.69, 9.17) is 15.6 Å². The van der Waals surface area contributed by atoms with Crippen LogP contribution in [0.5, 0.6) is 0 Å². The van der Waals surface area contributed by atoms with E-state index in [1.807, 2.05) is 0 Å². The fourth-order valence-corrected chi connectivity index (χ4v) is 3.59. The van der Waals surface area contributed by atoms with Gasteiger partial charge in [-0.2, -0.15) is 26.3 Å². The van der Waals surface area contributed by atoms with Crippen molar-refractivity contribution in [3.05, 3.63) is 94.5 Å². The number of benzene rings is 3. The van der Waals surface area contributed by atoms with E-state index in [0.29, 0.717) is 24.3 Å². The zero-order chi connectivity index (χ0) is 32.1. The molecule has 16 heteroatoms. The molecule has 0 bridgehead atoms. The number of hydrogen-bond donors (Lipinski definition) is 5. The van der Waals surface area contributed by atoms with E-state index >= 15 is 0 Å². The number of halogens is 6. The molecule has 3 rings (SSSR count). The van der Waals surface area contributed by atoms with Gasteiger partial charge in [0, 0.05) is 22.5 Å². The predicted molar refractivity (Wildman–Crippen MR) is 137 cm³/mol. The molecule has 2 atom stereocenters. The molecular formula is C27H21F6N3O7. The smallest absolute Gasteiger partial charge is 0.416 e. The van der Waals surface area contributed by atoms with Crippen molar-refractivity contribution in [1.82, 2.24) is 0 Å². The molecular weight excluding hydrogens is 592 g/mol. The second-order valence-corrected chi connectivity index (χ2v) is 8.91. The fourth-order valence-electron chi connectivity index (χ4n) is 3.59. The Bertz CT molecular complexity index is 1420. The van der Waals surface area contributed by atoms with Crippen molar-refractivity contribution in [3.8, 4) is 0 Å². The van der Waals surface area contributed by atoms with Gasteiger partial charge in [0.1, 0.15) is 6.04 Å². The van der Waals surface area contributed by atoms with Crippen LogP contribution in [0.3, 0.4) is 0 Å². The highest BCUT2D eigenvalue weighted by atomic mass is 19.4.